The molecule has 0 fully saturated rings. The molecule has 0 saturated carbocycles. The Bertz CT molecular complexity index is 185. The van der Waals surface area contributed by atoms with E-state index in [1.165, 1.54) is 6.92 Å². The summed E-state index contributed by atoms with van der Waals surface area (Å²) in [7, 11) is 0. The average Bonchev–Trinajstić information content (AvgIpc) is 2.04. The van der Waals surface area contributed by atoms with Crippen molar-refractivity contribution in [1.82, 2.24) is 0 Å². The molecule has 0 unspecified atom stereocenters. The number of carbonyl (C=O) groups excluding carboxylic acids is 2. The van der Waals surface area contributed by atoms with E-state index in [0.717, 1.165) is 12.5 Å². The molecular weight excluding hydrogens is 160 g/mol. The highest BCUT2D eigenvalue weighted by molar-refractivity contribution is 5.94. The van der Waals surface area contributed by atoms with Gasteiger partial charge in [0.2, 0.25) is 0 Å². The maximum absolute atomic E-state index is 10.8. The molecule has 4 heteroatoms. The predicted octanol–water partition coefficient (Wildman–Crippen LogP) is 0.996. The van der Waals surface area contributed by atoms with Gasteiger partial charge in [-0.2, -0.15) is 0 Å². The van der Waals surface area contributed by atoms with Gasteiger partial charge in [-0.15, -0.1) is 0 Å². The lowest BCUT2D eigenvalue weighted by Crippen LogP contribution is -2.22. The Morgan fingerprint density at radius 2 is 1.50 bits per heavy atom. The molecule has 0 amide bonds. The first kappa shape index (κ1) is 10.4. The topological polar surface area (TPSA) is 52.6 Å². The highest BCUT2D eigenvalue weighted by atomic mass is 16.5. The van der Waals surface area contributed by atoms with Crippen LogP contribution >= 0.6 is 0 Å². The maximum atomic E-state index is 10.8. The van der Waals surface area contributed by atoms with E-state index in [4.69, 9.17) is 0 Å². The molecule has 0 radical (unpaired) electrons. The Hall–Kier alpha value is -1.58. The van der Waals surface area contributed by atoms with Gasteiger partial charge in [-0.1, -0.05) is 13.2 Å². The summed E-state index contributed by atoms with van der Waals surface area (Å²) in [5, 5.41) is 0. The van der Waals surface area contributed by atoms with Gasteiger partial charge in [0.15, 0.2) is 5.92 Å². The van der Waals surface area contributed by atoms with Crippen molar-refractivity contribution < 1.29 is 19.1 Å². The van der Waals surface area contributed by atoms with Crippen LogP contribution in [0.15, 0.2) is 25.7 Å². The third-order valence-corrected chi connectivity index (χ3v) is 1.11. The van der Waals surface area contributed by atoms with E-state index < -0.39 is 17.9 Å². The second kappa shape index (κ2) is 5.12. The van der Waals surface area contributed by atoms with Gasteiger partial charge in [0.25, 0.3) is 0 Å². The molecule has 0 aromatic heterocycles. The summed E-state index contributed by atoms with van der Waals surface area (Å²) in [6.07, 6.45) is 1.92. The van der Waals surface area contributed by atoms with Crippen molar-refractivity contribution in [1.29, 1.82) is 0 Å². The minimum absolute atomic E-state index is 0.697. The van der Waals surface area contributed by atoms with Crippen LogP contribution in [-0.4, -0.2) is 11.9 Å². The van der Waals surface area contributed by atoms with Gasteiger partial charge in [-0.25, -0.2) is 0 Å². The van der Waals surface area contributed by atoms with E-state index in [0.29, 0.717) is 0 Å². The maximum Gasteiger partial charge on any atom is 0.324 e. The summed E-state index contributed by atoms with van der Waals surface area (Å²) in [4.78, 5) is 21.7. The summed E-state index contributed by atoms with van der Waals surface area (Å²) >= 11 is 0. The van der Waals surface area contributed by atoms with Gasteiger partial charge >= 0.3 is 11.9 Å². The van der Waals surface area contributed by atoms with Crippen LogP contribution in [0.1, 0.15) is 6.92 Å². The summed E-state index contributed by atoms with van der Waals surface area (Å²) in [5.41, 5.74) is 0. The third kappa shape index (κ3) is 3.01. The fourth-order valence-corrected chi connectivity index (χ4v) is 0.465. The number of rotatable bonds is 4. The molecule has 0 aromatic carbocycles. The molecule has 4 nitrogen and oxygen atoms in total. The van der Waals surface area contributed by atoms with E-state index in [9.17, 15) is 9.59 Å². The van der Waals surface area contributed by atoms with E-state index in [-0.39, 0.29) is 0 Å². The molecule has 0 rings (SSSR count). The van der Waals surface area contributed by atoms with Gasteiger partial charge in [-0.3, -0.25) is 9.59 Å². The Labute approximate surface area is 70.5 Å². The van der Waals surface area contributed by atoms with Crippen LogP contribution in [-0.2, 0) is 19.1 Å². The van der Waals surface area contributed by atoms with Gasteiger partial charge in [-0.05, 0) is 6.92 Å². The molecule has 0 heterocycles. The first-order valence-corrected chi connectivity index (χ1v) is 3.26. The molecule has 12 heavy (non-hydrogen) atoms. The predicted molar refractivity (Wildman–Crippen MR) is 41.7 cm³/mol. The number of carbonyl (C=O) groups is 2. The minimum Gasteiger partial charge on any atom is -0.434 e. The summed E-state index contributed by atoms with van der Waals surface area (Å²) in [6, 6.07) is 0. The Morgan fingerprint density at radius 1 is 1.17 bits per heavy atom. The van der Waals surface area contributed by atoms with Gasteiger partial charge < -0.3 is 9.47 Å². The largest absolute Gasteiger partial charge is 0.434 e. The first-order valence-electron chi connectivity index (χ1n) is 3.26. The molecule has 66 valence electrons. The molecule has 0 aromatic rings. The zero-order chi connectivity index (χ0) is 9.56. The molecule has 0 atom stereocenters. The molecular formula is C8H10O4. The van der Waals surface area contributed by atoms with E-state index in [1.807, 2.05) is 0 Å². The normalized spacial score (nSPS) is 8.83. The second-order valence-electron chi connectivity index (χ2n) is 1.93. The summed E-state index contributed by atoms with van der Waals surface area (Å²) < 4.78 is 8.72. The van der Waals surface area contributed by atoms with Crippen LogP contribution in [0.3, 0.4) is 0 Å². The monoisotopic (exact) mass is 170 g/mol. The van der Waals surface area contributed by atoms with Crippen molar-refractivity contribution in [3.8, 4) is 0 Å². The van der Waals surface area contributed by atoms with Crippen LogP contribution in [0, 0.1) is 5.92 Å². The zero-order valence-electron chi connectivity index (χ0n) is 6.78. The van der Waals surface area contributed by atoms with Crippen molar-refractivity contribution in [2.75, 3.05) is 0 Å². The number of hydrogen-bond donors (Lipinski definition) is 0. The fraction of sp³-hybridized carbons (Fsp3) is 0.250. The highest BCUT2D eigenvalue weighted by Crippen LogP contribution is 2.01. The van der Waals surface area contributed by atoms with Gasteiger partial charge in [0.05, 0.1) is 12.5 Å². The Kier molecular flexibility index (Phi) is 4.45. The van der Waals surface area contributed by atoms with Crippen molar-refractivity contribution >= 4 is 11.9 Å². The summed E-state index contributed by atoms with van der Waals surface area (Å²) in [6.45, 7) is 7.72. The highest BCUT2D eigenvalue weighted by Gasteiger charge is 2.23. The average molecular weight is 170 g/mol. The van der Waals surface area contributed by atoms with Crippen LogP contribution < -0.4 is 0 Å². The lowest BCUT2D eigenvalue weighted by atomic mass is 10.2. The van der Waals surface area contributed by atoms with Crippen molar-refractivity contribution in [3.05, 3.63) is 25.7 Å². The van der Waals surface area contributed by atoms with Gasteiger partial charge in [0, 0.05) is 0 Å². The Morgan fingerprint density at radius 3 is 1.75 bits per heavy atom. The molecule has 0 aliphatic heterocycles. The molecule has 0 N–H and O–H groups in total. The van der Waals surface area contributed by atoms with Crippen LogP contribution in [0.5, 0.6) is 0 Å². The number of ether oxygens (including phenoxy) is 2. The van der Waals surface area contributed by atoms with E-state index in [1.54, 1.807) is 0 Å². The minimum atomic E-state index is -0.957. The number of hydrogen-bond acceptors (Lipinski definition) is 4. The molecule has 0 aliphatic rings. The van der Waals surface area contributed by atoms with Gasteiger partial charge in [0.1, 0.15) is 0 Å². The molecule has 0 aliphatic carbocycles. The lowest BCUT2D eigenvalue weighted by molar-refractivity contribution is -0.154. The van der Waals surface area contributed by atoms with Crippen molar-refractivity contribution in [2.24, 2.45) is 5.92 Å². The van der Waals surface area contributed by atoms with Crippen LogP contribution in [0.2, 0.25) is 0 Å². The van der Waals surface area contributed by atoms with Crippen LogP contribution in [0.25, 0.3) is 0 Å². The standard InChI is InChI=1S/C8H10O4/c1-4-11-7(9)6(3)8(10)12-5-2/h4-6H,1-2H2,3H3. The lowest BCUT2D eigenvalue weighted by Gasteiger charge is -2.05. The molecule has 0 bridgehead atoms. The summed E-state index contributed by atoms with van der Waals surface area (Å²) in [5.74, 6) is -2.35. The molecule has 0 spiro atoms. The third-order valence-electron chi connectivity index (χ3n) is 1.11. The van der Waals surface area contributed by atoms with E-state index in [2.05, 4.69) is 22.6 Å². The Balaban J connectivity index is 4.07. The van der Waals surface area contributed by atoms with Crippen LogP contribution in [0.4, 0.5) is 0 Å². The fourth-order valence-electron chi connectivity index (χ4n) is 0.465. The molecule has 0 saturated heterocycles. The SMILES string of the molecule is C=COC(=O)C(C)C(=O)OC=C. The number of esters is 2. The first-order chi connectivity index (χ1) is 5.63. The van der Waals surface area contributed by atoms with Crippen molar-refractivity contribution in [2.45, 2.75) is 6.92 Å². The van der Waals surface area contributed by atoms with E-state index >= 15 is 0 Å². The second-order valence-corrected chi connectivity index (χ2v) is 1.93. The quantitative estimate of drug-likeness (QED) is 0.358. The smallest absolute Gasteiger partial charge is 0.324 e. The zero-order valence-corrected chi connectivity index (χ0v) is 6.78. The van der Waals surface area contributed by atoms with Crippen molar-refractivity contribution in [3.63, 3.8) is 0 Å².